The molecule has 0 spiro atoms. The fourth-order valence-corrected chi connectivity index (χ4v) is 2.85. The van der Waals surface area contributed by atoms with Crippen molar-refractivity contribution < 1.29 is 9.53 Å². The van der Waals surface area contributed by atoms with Gasteiger partial charge in [-0.2, -0.15) is 11.3 Å². The second kappa shape index (κ2) is 3.85. The lowest BCUT2D eigenvalue weighted by Gasteiger charge is -2.32. The van der Waals surface area contributed by atoms with E-state index in [9.17, 15) is 4.79 Å². The third-order valence-corrected chi connectivity index (χ3v) is 3.79. The van der Waals surface area contributed by atoms with E-state index in [1.165, 1.54) is 5.56 Å². The number of carbonyl (C=O) groups excluding carboxylic acids is 1. The van der Waals surface area contributed by atoms with E-state index in [1.54, 1.807) is 11.3 Å². The summed E-state index contributed by atoms with van der Waals surface area (Å²) in [5.74, 6) is 0. The van der Waals surface area contributed by atoms with Crippen LogP contribution in [0.4, 0.5) is 10.5 Å². The number of nitrogens with one attached hydrogen (secondary N) is 1. The van der Waals surface area contributed by atoms with Crippen molar-refractivity contribution in [2.75, 3.05) is 5.32 Å². The van der Waals surface area contributed by atoms with E-state index in [-0.39, 0.29) is 0 Å². The molecular formula is C14H13NO2S. The van der Waals surface area contributed by atoms with Gasteiger partial charge in [0.05, 0.1) is 5.69 Å². The van der Waals surface area contributed by atoms with E-state index < -0.39 is 11.7 Å². The van der Waals surface area contributed by atoms with Crippen molar-refractivity contribution in [3.05, 3.63) is 40.6 Å². The zero-order valence-electron chi connectivity index (χ0n) is 10.2. The van der Waals surface area contributed by atoms with Crippen molar-refractivity contribution in [1.29, 1.82) is 0 Å². The molecule has 1 N–H and O–H groups in total. The highest BCUT2D eigenvalue weighted by molar-refractivity contribution is 7.08. The number of carbonyl (C=O) groups is 1. The molecule has 4 heteroatoms. The zero-order valence-corrected chi connectivity index (χ0v) is 11.0. The normalized spacial score (nSPS) is 16.7. The molecule has 1 aromatic heterocycles. The van der Waals surface area contributed by atoms with Gasteiger partial charge in [0.25, 0.3) is 0 Å². The van der Waals surface area contributed by atoms with Crippen LogP contribution in [0.1, 0.15) is 19.4 Å². The van der Waals surface area contributed by atoms with E-state index in [2.05, 4.69) is 28.2 Å². The molecule has 1 aromatic carbocycles. The van der Waals surface area contributed by atoms with Crippen LogP contribution in [0.3, 0.4) is 0 Å². The van der Waals surface area contributed by atoms with Gasteiger partial charge in [-0.05, 0) is 53.9 Å². The molecule has 0 fully saturated rings. The van der Waals surface area contributed by atoms with Crippen molar-refractivity contribution in [2.24, 2.45) is 0 Å². The fourth-order valence-electron chi connectivity index (χ4n) is 2.18. The Hall–Kier alpha value is -1.81. The Morgan fingerprint density at radius 2 is 2.06 bits per heavy atom. The summed E-state index contributed by atoms with van der Waals surface area (Å²) in [4.78, 5) is 11.4. The molecule has 1 aliphatic heterocycles. The van der Waals surface area contributed by atoms with Gasteiger partial charge in [0.1, 0.15) is 5.60 Å². The van der Waals surface area contributed by atoms with Crippen LogP contribution in [0.5, 0.6) is 0 Å². The highest BCUT2D eigenvalue weighted by atomic mass is 32.1. The van der Waals surface area contributed by atoms with Crippen LogP contribution in [-0.4, -0.2) is 6.09 Å². The maximum atomic E-state index is 11.4. The van der Waals surface area contributed by atoms with Gasteiger partial charge in [-0.15, -0.1) is 0 Å². The van der Waals surface area contributed by atoms with Crippen molar-refractivity contribution in [1.82, 2.24) is 0 Å². The summed E-state index contributed by atoms with van der Waals surface area (Å²) in [5.41, 5.74) is 3.57. The fraction of sp³-hybridized carbons (Fsp3) is 0.214. The second-order valence-electron chi connectivity index (χ2n) is 4.80. The summed E-state index contributed by atoms with van der Waals surface area (Å²) in [6.45, 7) is 3.81. The number of ether oxygens (including phenoxy) is 1. The minimum Gasteiger partial charge on any atom is -0.438 e. The average Bonchev–Trinajstić information content (AvgIpc) is 2.81. The average molecular weight is 259 g/mol. The maximum Gasteiger partial charge on any atom is 0.412 e. The molecule has 2 aromatic rings. The van der Waals surface area contributed by atoms with Crippen LogP contribution in [0.2, 0.25) is 0 Å². The topological polar surface area (TPSA) is 38.3 Å². The van der Waals surface area contributed by atoms with E-state index in [0.29, 0.717) is 0 Å². The predicted octanol–water partition coefficient (Wildman–Crippen LogP) is 4.21. The molecule has 3 rings (SSSR count). The Morgan fingerprint density at radius 3 is 2.78 bits per heavy atom. The van der Waals surface area contributed by atoms with Gasteiger partial charge < -0.3 is 4.74 Å². The zero-order chi connectivity index (χ0) is 12.8. The monoisotopic (exact) mass is 259 g/mol. The van der Waals surface area contributed by atoms with Gasteiger partial charge in [-0.1, -0.05) is 6.07 Å². The first-order chi connectivity index (χ1) is 8.56. The molecule has 1 amide bonds. The van der Waals surface area contributed by atoms with Crippen molar-refractivity contribution in [3.8, 4) is 11.1 Å². The first-order valence-electron chi connectivity index (χ1n) is 5.73. The minimum atomic E-state index is -0.594. The largest absolute Gasteiger partial charge is 0.438 e. The van der Waals surface area contributed by atoms with Gasteiger partial charge in [0.15, 0.2) is 0 Å². The highest BCUT2D eigenvalue weighted by Gasteiger charge is 2.33. The van der Waals surface area contributed by atoms with E-state index in [1.807, 2.05) is 26.0 Å². The molecule has 0 saturated carbocycles. The Morgan fingerprint density at radius 1 is 1.22 bits per heavy atom. The second-order valence-corrected chi connectivity index (χ2v) is 5.58. The van der Waals surface area contributed by atoms with Crippen LogP contribution >= 0.6 is 11.3 Å². The Balaban J connectivity index is 2.13. The summed E-state index contributed by atoms with van der Waals surface area (Å²) >= 11 is 1.67. The lowest BCUT2D eigenvalue weighted by molar-refractivity contribution is 0.0421. The Kier molecular flexibility index (Phi) is 2.41. The van der Waals surface area contributed by atoms with Crippen molar-refractivity contribution in [2.45, 2.75) is 19.4 Å². The number of thiophene rings is 1. The molecule has 0 aliphatic carbocycles. The molecule has 0 atom stereocenters. The van der Waals surface area contributed by atoms with Crippen LogP contribution in [-0.2, 0) is 10.3 Å². The number of hydrogen-bond acceptors (Lipinski definition) is 3. The number of benzene rings is 1. The number of rotatable bonds is 1. The lowest BCUT2D eigenvalue weighted by atomic mass is 9.92. The van der Waals surface area contributed by atoms with Crippen LogP contribution in [0.25, 0.3) is 11.1 Å². The molecule has 0 bridgehead atoms. The van der Waals surface area contributed by atoms with Gasteiger partial charge >= 0.3 is 6.09 Å². The van der Waals surface area contributed by atoms with E-state index in [0.717, 1.165) is 16.8 Å². The Labute approximate surface area is 109 Å². The molecule has 2 heterocycles. The number of amides is 1. The number of cyclic esters (lactones) is 1. The molecular weight excluding hydrogens is 246 g/mol. The van der Waals surface area contributed by atoms with Crippen LogP contribution in [0.15, 0.2) is 35.0 Å². The molecule has 3 nitrogen and oxygen atoms in total. The SMILES string of the molecule is CC1(C)OC(=O)Nc2ccc(-c3ccsc3)cc21. The van der Waals surface area contributed by atoms with Gasteiger partial charge in [-0.3, -0.25) is 5.32 Å². The number of hydrogen-bond donors (Lipinski definition) is 1. The van der Waals surface area contributed by atoms with Crippen LogP contribution in [0, 0.1) is 0 Å². The summed E-state index contributed by atoms with van der Waals surface area (Å²) in [6.07, 6.45) is -0.393. The molecule has 0 radical (unpaired) electrons. The minimum absolute atomic E-state index is 0.393. The molecule has 92 valence electrons. The predicted molar refractivity (Wildman–Crippen MR) is 72.9 cm³/mol. The highest BCUT2D eigenvalue weighted by Crippen LogP contribution is 2.38. The van der Waals surface area contributed by atoms with Crippen LogP contribution < -0.4 is 5.32 Å². The molecule has 0 saturated heterocycles. The third-order valence-electron chi connectivity index (χ3n) is 3.11. The summed E-state index contributed by atoms with van der Waals surface area (Å²) in [6, 6.07) is 8.12. The smallest absolute Gasteiger partial charge is 0.412 e. The summed E-state index contributed by atoms with van der Waals surface area (Å²) in [7, 11) is 0. The van der Waals surface area contributed by atoms with E-state index >= 15 is 0 Å². The molecule has 18 heavy (non-hydrogen) atoms. The van der Waals surface area contributed by atoms with E-state index in [4.69, 9.17) is 4.74 Å². The number of anilines is 1. The quantitative estimate of drug-likeness (QED) is 0.833. The first-order valence-corrected chi connectivity index (χ1v) is 6.68. The molecule has 0 unspecified atom stereocenters. The van der Waals surface area contributed by atoms with Gasteiger partial charge in [0, 0.05) is 5.56 Å². The maximum absolute atomic E-state index is 11.4. The molecule has 1 aliphatic rings. The summed E-state index contributed by atoms with van der Waals surface area (Å²) in [5, 5.41) is 6.89. The van der Waals surface area contributed by atoms with Crippen molar-refractivity contribution >= 4 is 23.1 Å². The third kappa shape index (κ3) is 1.78. The summed E-state index contributed by atoms with van der Waals surface area (Å²) < 4.78 is 5.33. The number of fused-ring (bicyclic) bond motifs is 1. The lowest BCUT2D eigenvalue weighted by Crippen LogP contribution is -2.34. The Bertz CT molecular complexity index is 602. The van der Waals surface area contributed by atoms with Crippen molar-refractivity contribution in [3.63, 3.8) is 0 Å². The van der Waals surface area contributed by atoms with Gasteiger partial charge in [-0.25, -0.2) is 4.79 Å². The first kappa shape index (κ1) is 11.3. The standard InChI is InChI=1S/C14H13NO2S/c1-14(2)11-7-9(10-5-6-18-8-10)3-4-12(11)15-13(16)17-14/h3-8H,1-2H3,(H,15,16). The van der Waals surface area contributed by atoms with Gasteiger partial charge in [0.2, 0.25) is 0 Å².